The van der Waals surface area contributed by atoms with Crippen molar-refractivity contribution in [3.05, 3.63) is 34.9 Å². The molecule has 0 aliphatic carbocycles. The van der Waals surface area contributed by atoms with Crippen LogP contribution >= 0.6 is 0 Å². The molecule has 0 fully saturated rings. The molecule has 0 saturated heterocycles. The van der Waals surface area contributed by atoms with E-state index in [2.05, 4.69) is 10.6 Å². The van der Waals surface area contributed by atoms with Crippen LogP contribution in [0.3, 0.4) is 0 Å². The number of nitriles is 1. The van der Waals surface area contributed by atoms with Crippen LogP contribution in [0.5, 0.6) is 0 Å². The Morgan fingerprint density at radius 2 is 1.88 bits per heavy atom. The number of nitrogens with one attached hydrogen (secondary N) is 2. The second-order valence-corrected chi connectivity index (χ2v) is 8.83. The first-order valence-electron chi connectivity index (χ1n) is 10.9. The standard InChI is InChI=1S/C24H36N4O4/c1-8-9-14-26-21(29)20(19-12-10-11-16(2)17(19)3)28(15-13-25)22(30)18(4)27-23(31)32-24(5,6)7/h10-12,18,20H,8-9,14-15H2,1-7H3,(H,26,29)(H,27,31). The number of aryl methyl sites for hydroxylation is 1. The van der Waals surface area contributed by atoms with Crippen LogP contribution in [0.1, 0.15) is 70.2 Å². The van der Waals surface area contributed by atoms with Gasteiger partial charge in [-0.1, -0.05) is 31.5 Å². The molecule has 1 aromatic rings. The summed E-state index contributed by atoms with van der Waals surface area (Å²) in [7, 11) is 0. The number of carbonyl (C=O) groups is 3. The first-order chi connectivity index (χ1) is 14.9. The van der Waals surface area contributed by atoms with Gasteiger partial charge in [0.15, 0.2) is 0 Å². The Balaban J connectivity index is 3.29. The smallest absolute Gasteiger partial charge is 0.408 e. The number of benzene rings is 1. The van der Waals surface area contributed by atoms with Crippen LogP contribution in [0.15, 0.2) is 18.2 Å². The van der Waals surface area contributed by atoms with Gasteiger partial charge in [0.2, 0.25) is 11.8 Å². The van der Waals surface area contributed by atoms with E-state index in [1.807, 2.05) is 39.0 Å². The van der Waals surface area contributed by atoms with E-state index < -0.39 is 29.7 Å². The van der Waals surface area contributed by atoms with Crippen molar-refractivity contribution >= 4 is 17.9 Å². The Bertz CT molecular complexity index is 855. The topological polar surface area (TPSA) is 112 Å². The Hall–Kier alpha value is -3.08. The fourth-order valence-corrected chi connectivity index (χ4v) is 3.17. The summed E-state index contributed by atoms with van der Waals surface area (Å²) in [6, 6.07) is 5.53. The van der Waals surface area contributed by atoms with Crippen molar-refractivity contribution in [3.63, 3.8) is 0 Å². The van der Waals surface area contributed by atoms with Crippen LogP contribution in [0.2, 0.25) is 0 Å². The minimum absolute atomic E-state index is 0.307. The van der Waals surface area contributed by atoms with E-state index in [1.165, 1.54) is 11.8 Å². The van der Waals surface area contributed by atoms with Crippen molar-refractivity contribution in [2.45, 2.75) is 79.0 Å². The van der Waals surface area contributed by atoms with E-state index in [-0.39, 0.29) is 12.5 Å². The normalized spacial score (nSPS) is 12.8. The molecule has 1 rings (SSSR count). The van der Waals surface area contributed by atoms with E-state index in [0.29, 0.717) is 12.1 Å². The largest absolute Gasteiger partial charge is 0.444 e. The molecule has 176 valence electrons. The average Bonchev–Trinajstić information content (AvgIpc) is 2.68. The molecule has 2 atom stereocenters. The fraction of sp³-hybridized carbons (Fsp3) is 0.583. The zero-order chi connectivity index (χ0) is 24.5. The highest BCUT2D eigenvalue weighted by Crippen LogP contribution is 2.27. The van der Waals surface area contributed by atoms with Crippen LogP contribution in [-0.4, -0.2) is 47.5 Å². The fourth-order valence-electron chi connectivity index (χ4n) is 3.17. The zero-order valence-corrected chi connectivity index (χ0v) is 20.2. The van der Waals surface area contributed by atoms with E-state index in [9.17, 15) is 19.6 Å². The van der Waals surface area contributed by atoms with Crippen molar-refractivity contribution in [1.82, 2.24) is 15.5 Å². The Labute approximate surface area is 191 Å². The number of rotatable bonds is 9. The highest BCUT2D eigenvalue weighted by atomic mass is 16.6. The molecule has 8 nitrogen and oxygen atoms in total. The van der Waals surface area contributed by atoms with Crippen LogP contribution in [0, 0.1) is 25.2 Å². The van der Waals surface area contributed by atoms with Gasteiger partial charge in [-0.05, 0) is 64.7 Å². The van der Waals surface area contributed by atoms with Crippen molar-refractivity contribution in [1.29, 1.82) is 5.26 Å². The Morgan fingerprint density at radius 1 is 1.22 bits per heavy atom. The lowest BCUT2D eigenvalue weighted by molar-refractivity contribution is -0.141. The summed E-state index contributed by atoms with van der Waals surface area (Å²) in [6.07, 6.45) is 0.964. The third kappa shape index (κ3) is 7.88. The molecule has 2 unspecified atom stereocenters. The molecular weight excluding hydrogens is 408 g/mol. The van der Waals surface area contributed by atoms with Gasteiger partial charge in [0, 0.05) is 6.54 Å². The lowest BCUT2D eigenvalue weighted by Crippen LogP contribution is -2.52. The van der Waals surface area contributed by atoms with Gasteiger partial charge in [0.05, 0.1) is 6.07 Å². The number of amides is 3. The summed E-state index contributed by atoms with van der Waals surface area (Å²) in [5.41, 5.74) is 1.76. The maximum absolute atomic E-state index is 13.3. The van der Waals surface area contributed by atoms with Gasteiger partial charge in [-0.15, -0.1) is 0 Å². The SMILES string of the molecule is CCCCNC(=O)C(c1cccc(C)c1C)N(CC#N)C(=O)C(C)NC(=O)OC(C)(C)C. The summed E-state index contributed by atoms with van der Waals surface area (Å²) >= 11 is 0. The molecule has 3 amide bonds. The van der Waals surface area contributed by atoms with Gasteiger partial charge >= 0.3 is 6.09 Å². The van der Waals surface area contributed by atoms with Crippen LogP contribution < -0.4 is 10.6 Å². The minimum Gasteiger partial charge on any atom is -0.444 e. The third-order valence-corrected chi connectivity index (χ3v) is 4.96. The van der Waals surface area contributed by atoms with Gasteiger partial charge in [-0.3, -0.25) is 9.59 Å². The Morgan fingerprint density at radius 3 is 2.44 bits per heavy atom. The number of nitrogens with zero attached hydrogens (tertiary/aromatic N) is 2. The molecule has 8 heteroatoms. The predicted molar refractivity (Wildman–Crippen MR) is 123 cm³/mol. The number of hydrogen-bond donors (Lipinski definition) is 2. The molecule has 0 radical (unpaired) electrons. The predicted octanol–water partition coefficient (Wildman–Crippen LogP) is 3.53. The van der Waals surface area contributed by atoms with Crippen molar-refractivity contribution in [2.24, 2.45) is 0 Å². The van der Waals surface area contributed by atoms with Gasteiger partial charge < -0.3 is 20.3 Å². The molecular formula is C24H36N4O4. The number of hydrogen-bond acceptors (Lipinski definition) is 5. The molecule has 0 spiro atoms. The summed E-state index contributed by atoms with van der Waals surface area (Å²) in [5.74, 6) is -0.908. The summed E-state index contributed by atoms with van der Waals surface area (Å²) in [6.45, 7) is 12.7. The maximum atomic E-state index is 13.3. The van der Waals surface area contributed by atoms with Crippen molar-refractivity contribution < 1.29 is 19.1 Å². The highest BCUT2D eigenvalue weighted by Gasteiger charge is 2.35. The second kappa shape index (κ2) is 12.1. The molecule has 0 saturated carbocycles. The van der Waals surface area contributed by atoms with Gasteiger partial charge in [0.25, 0.3) is 0 Å². The molecule has 1 aromatic carbocycles. The van der Waals surface area contributed by atoms with E-state index in [4.69, 9.17) is 4.74 Å². The lowest BCUT2D eigenvalue weighted by atomic mass is 9.95. The van der Waals surface area contributed by atoms with Crippen LogP contribution in [0.25, 0.3) is 0 Å². The molecule has 0 aliphatic rings. The monoisotopic (exact) mass is 444 g/mol. The Kier molecular flexibility index (Phi) is 10.2. The molecule has 0 heterocycles. The van der Waals surface area contributed by atoms with Crippen LogP contribution in [0.4, 0.5) is 4.79 Å². The summed E-state index contributed by atoms with van der Waals surface area (Å²) in [5, 5.41) is 14.8. The molecule has 32 heavy (non-hydrogen) atoms. The lowest BCUT2D eigenvalue weighted by Gasteiger charge is -2.33. The van der Waals surface area contributed by atoms with Crippen molar-refractivity contribution in [3.8, 4) is 6.07 Å². The van der Waals surface area contributed by atoms with Gasteiger partial charge in [-0.2, -0.15) is 5.26 Å². The van der Waals surface area contributed by atoms with Crippen molar-refractivity contribution in [2.75, 3.05) is 13.1 Å². The van der Waals surface area contributed by atoms with Gasteiger partial charge in [0.1, 0.15) is 24.2 Å². The third-order valence-electron chi connectivity index (χ3n) is 4.96. The van der Waals surface area contributed by atoms with Crippen LogP contribution in [-0.2, 0) is 14.3 Å². The summed E-state index contributed by atoms with van der Waals surface area (Å²) < 4.78 is 5.23. The van der Waals surface area contributed by atoms with E-state index in [1.54, 1.807) is 26.8 Å². The van der Waals surface area contributed by atoms with Gasteiger partial charge in [-0.25, -0.2) is 4.79 Å². The number of carbonyl (C=O) groups excluding carboxylic acids is 3. The highest BCUT2D eigenvalue weighted by molar-refractivity contribution is 5.92. The zero-order valence-electron chi connectivity index (χ0n) is 20.2. The minimum atomic E-state index is -0.998. The van der Waals surface area contributed by atoms with E-state index >= 15 is 0 Å². The number of alkyl carbamates (subject to hydrolysis) is 1. The quantitative estimate of drug-likeness (QED) is 0.447. The number of ether oxygens (including phenoxy) is 1. The first kappa shape index (κ1) is 27.0. The second-order valence-electron chi connectivity index (χ2n) is 8.83. The number of unbranched alkanes of at least 4 members (excludes halogenated alkanes) is 1. The first-order valence-corrected chi connectivity index (χ1v) is 10.9. The van der Waals surface area contributed by atoms with E-state index in [0.717, 1.165) is 24.0 Å². The summed E-state index contributed by atoms with van der Waals surface area (Å²) in [4.78, 5) is 39.9. The molecule has 0 aliphatic heterocycles. The molecule has 0 bridgehead atoms. The average molecular weight is 445 g/mol. The molecule has 2 N–H and O–H groups in total. The maximum Gasteiger partial charge on any atom is 0.408 e. The molecule has 0 aromatic heterocycles.